The molecule has 5 nitrogen and oxygen atoms in total. The molecule has 1 heterocycles. The summed E-state index contributed by atoms with van der Waals surface area (Å²) in [5.41, 5.74) is 0. The summed E-state index contributed by atoms with van der Waals surface area (Å²) >= 11 is 0. The smallest absolute Gasteiger partial charge is 0.0900 e. The number of aliphatic hydroxyl groups excluding tert-OH is 2. The highest BCUT2D eigenvalue weighted by atomic mass is 16.5. The van der Waals surface area contributed by atoms with Gasteiger partial charge in [0, 0.05) is 19.7 Å². The van der Waals surface area contributed by atoms with Crippen molar-refractivity contribution < 1.29 is 19.7 Å². The van der Waals surface area contributed by atoms with Crippen molar-refractivity contribution in [1.82, 2.24) is 4.90 Å². The summed E-state index contributed by atoms with van der Waals surface area (Å²) in [4.78, 5) is 2.13. The Morgan fingerprint density at radius 3 is 2.82 bits per heavy atom. The highest BCUT2D eigenvalue weighted by Crippen LogP contribution is 2.16. The molecule has 17 heavy (non-hydrogen) atoms. The van der Waals surface area contributed by atoms with Crippen LogP contribution in [0.2, 0.25) is 0 Å². The van der Waals surface area contributed by atoms with Gasteiger partial charge in [0.25, 0.3) is 0 Å². The minimum atomic E-state index is -0.499. The second kappa shape index (κ2) is 8.00. The number of nitrogens with zero attached hydrogens (tertiary/aromatic N) is 1. The van der Waals surface area contributed by atoms with Gasteiger partial charge >= 0.3 is 0 Å². The van der Waals surface area contributed by atoms with E-state index in [2.05, 4.69) is 4.90 Å². The van der Waals surface area contributed by atoms with Crippen LogP contribution in [0, 0.1) is 0 Å². The normalized spacial score (nSPS) is 25.1. The van der Waals surface area contributed by atoms with Crippen LogP contribution < -0.4 is 0 Å². The number of ether oxygens (including phenoxy) is 2. The van der Waals surface area contributed by atoms with Gasteiger partial charge in [0.15, 0.2) is 0 Å². The summed E-state index contributed by atoms with van der Waals surface area (Å²) in [5.74, 6) is 0. The lowest BCUT2D eigenvalue weighted by Crippen LogP contribution is -2.40. The van der Waals surface area contributed by atoms with Crippen molar-refractivity contribution in [3.05, 3.63) is 0 Å². The largest absolute Gasteiger partial charge is 0.395 e. The third-order valence-corrected chi connectivity index (χ3v) is 3.13. The van der Waals surface area contributed by atoms with Gasteiger partial charge in [-0.05, 0) is 26.3 Å². The Hall–Kier alpha value is -0.200. The Morgan fingerprint density at radius 1 is 1.41 bits per heavy atom. The first-order chi connectivity index (χ1) is 8.17. The molecule has 1 fully saturated rings. The predicted octanol–water partition coefficient (Wildman–Crippen LogP) is -0.144. The van der Waals surface area contributed by atoms with Crippen molar-refractivity contribution in [2.45, 2.75) is 38.0 Å². The van der Waals surface area contributed by atoms with Crippen molar-refractivity contribution >= 4 is 0 Å². The van der Waals surface area contributed by atoms with Crippen molar-refractivity contribution in [2.75, 3.05) is 40.0 Å². The van der Waals surface area contributed by atoms with E-state index >= 15 is 0 Å². The number of aliphatic hydroxyl groups is 2. The van der Waals surface area contributed by atoms with E-state index in [1.165, 1.54) is 0 Å². The fourth-order valence-corrected chi connectivity index (χ4v) is 2.22. The van der Waals surface area contributed by atoms with Gasteiger partial charge < -0.3 is 19.7 Å². The maximum absolute atomic E-state index is 9.85. The Bertz CT molecular complexity index is 203. The SMILES string of the molecule is COCC(C)OCC(O)CN1CCC[C@@H]1CO. The molecule has 0 spiro atoms. The highest BCUT2D eigenvalue weighted by Gasteiger charge is 2.25. The monoisotopic (exact) mass is 247 g/mol. The molecular weight excluding hydrogens is 222 g/mol. The van der Waals surface area contributed by atoms with E-state index in [9.17, 15) is 5.11 Å². The van der Waals surface area contributed by atoms with Crippen molar-refractivity contribution in [1.29, 1.82) is 0 Å². The molecule has 1 aliphatic rings. The first kappa shape index (κ1) is 14.9. The lowest BCUT2D eigenvalue weighted by Gasteiger charge is -2.25. The molecule has 2 unspecified atom stereocenters. The molecule has 0 saturated carbocycles. The van der Waals surface area contributed by atoms with Gasteiger partial charge in [-0.3, -0.25) is 4.90 Å². The van der Waals surface area contributed by atoms with Crippen LogP contribution in [0.4, 0.5) is 0 Å². The van der Waals surface area contributed by atoms with Gasteiger partial charge in [-0.1, -0.05) is 0 Å². The number of likely N-dealkylation sites (tertiary alicyclic amines) is 1. The molecular formula is C12H25NO4. The van der Waals surface area contributed by atoms with E-state index in [0.29, 0.717) is 19.8 Å². The molecule has 0 amide bonds. The molecule has 0 aromatic rings. The van der Waals surface area contributed by atoms with Gasteiger partial charge in [-0.25, -0.2) is 0 Å². The van der Waals surface area contributed by atoms with Gasteiger partial charge in [-0.15, -0.1) is 0 Å². The minimum Gasteiger partial charge on any atom is -0.395 e. The first-order valence-corrected chi connectivity index (χ1v) is 6.30. The van der Waals surface area contributed by atoms with E-state index in [0.717, 1.165) is 19.4 Å². The van der Waals surface area contributed by atoms with Crippen LogP contribution in [-0.4, -0.2) is 73.4 Å². The van der Waals surface area contributed by atoms with Gasteiger partial charge in [0.05, 0.1) is 32.0 Å². The molecule has 0 radical (unpaired) electrons. The fraction of sp³-hybridized carbons (Fsp3) is 1.00. The van der Waals surface area contributed by atoms with E-state index in [1.54, 1.807) is 7.11 Å². The predicted molar refractivity (Wildman–Crippen MR) is 65.0 cm³/mol. The first-order valence-electron chi connectivity index (χ1n) is 6.30. The summed E-state index contributed by atoms with van der Waals surface area (Å²) in [6.45, 7) is 4.48. The van der Waals surface area contributed by atoms with E-state index < -0.39 is 6.10 Å². The average molecular weight is 247 g/mol. The lowest BCUT2D eigenvalue weighted by molar-refractivity contribution is -0.0418. The number of hydrogen-bond acceptors (Lipinski definition) is 5. The zero-order valence-electron chi connectivity index (χ0n) is 10.8. The number of hydrogen-bond donors (Lipinski definition) is 2. The Balaban J connectivity index is 2.17. The third-order valence-electron chi connectivity index (χ3n) is 3.13. The quantitative estimate of drug-likeness (QED) is 0.625. The zero-order valence-corrected chi connectivity index (χ0v) is 10.8. The molecule has 1 aliphatic heterocycles. The van der Waals surface area contributed by atoms with Crippen molar-refractivity contribution in [2.24, 2.45) is 0 Å². The van der Waals surface area contributed by atoms with E-state index in [-0.39, 0.29) is 18.8 Å². The second-order valence-corrected chi connectivity index (χ2v) is 4.73. The summed E-state index contributed by atoms with van der Waals surface area (Å²) in [6.07, 6.45) is 1.62. The number of rotatable bonds is 8. The number of methoxy groups -OCH3 is 1. The highest BCUT2D eigenvalue weighted by molar-refractivity contribution is 4.80. The van der Waals surface area contributed by atoms with Gasteiger partial charge in [0.2, 0.25) is 0 Å². The Labute approximate surface area is 103 Å². The standard InChI is InChI=1S/C12H25NO4/c1-10(8-16-2)17-9-12(15)6-13-5-3-4-11(13)7-14/h10-12,14-15H,3-9H2,1-2H3/t10?,11-,12?/m1/s1. The van der Waals surface area contributed by atoms with Crippen molar-refractivity contribution in [3.63, 3.8) is 0 Å². The molecule has 0 bridgehead atoms. The van der Waals surface area contributed by atoms with Crippen LogP contribution in [0.25, 0.3) is 0 Å². The molecule has 1 saturated heterocycles. The van der Waals surface area contributed by atoms with Gasteiger partial charge in [0.1, 0.15) is 0 Å². The Kier molecular flexibility index (Phi) is 6.99. The zero-order chi connectivity index (χ0) is 12.7. The third kappa shape index (κ3) is 5.31. The number of β-amino-alcohol motifs (C(OH)–C–C–N with tert-alkyl or cyclic N) is 1. The summed E-state index contributed by atoms with van der Waals surface area (Å²) in [7, 11) is 1.63. The molecule has 0 aliphatic carbocycles. The summed E-state index contributed by atoms with van der Waals surface area (Å²) in [6, 6.07) is 0.209. The van der Waals surface area contributed by atoms with E-state index in [1.807, 2.05) is 6.92 Å². The van der Waals surface area contributed by atoms with Crippen LogP contribution in [0.15, 0.2) is 0 Å². The van der Waals surface area contributed by atoms with Crippen LogP contribution in [0.5, 0.6) is 0 Å². The van der Waals surface area contributed by atoms with Crippen LogP contribution in [0.1, 0.15) is 19.8 Å². The molecule has 0 aromatic carbocycles. The molecule has 5 heteroatoms. The minimum absolute atomic E-state index is 0.00173. The van der Waals surface area contributed by atoms with Gasteiger partial charge in [-0.2, -0.15) is 0 Å². The molecule has 0 aromatic heterocycles. The van der Waals surface area contributed by atoms with Crippen LogP contribution in [0.3, 0.4) is 0 Å². The second-order valence-electron chi connectivity index (χ2n) is 4.73. The lowest BCUT2D eigenvalue weighted by atomic mass is 10.2. The van der Waals surface area contributed by atoms with Crippen LogP contribution in [-0.2, 0) is 9.47 Å². The maximum Gasteiger partial charge on any atom is 0.0900 e. The summed E-state index contributed by atoms with van der Waals surface area (Å²) in [5, 5.41) is 19.0. The summed E-state index contributed by atoms with van der Waals surface area (Å²) < 4.78 is 10.4. The molecule has 102 valence electrons. The topological polar surface area (TPSA) is 62.2 Å². The fourth-order valence-electron chi connectivity index (χ4n) is 2.22. The maximum atomic E-state index is 9.85. The van der Waals surface area contributed by atoms with E-state index in [4.69, 9.17) is 14.6 Å². The molecule has 1 rings (SSSR count). The molecule has 3 atom stereocenters. The van der Waals surface area contributed by atoms with Crippen LogP contribution >= 0.6 is 0 Å². The molecule has 2 N–H and O–H groups in total. The van der Waals surface area contributed by atoms with Crippen molar-refractivity contribution in [3.8, 4) is 0 Å². The average Bonchev–Trinajstić information content (AvgIpc) is 2.74. The Morgan fingerprint density at radius 2 is 2.18 bits per heavy atom.